The van der Waals surface area contributed by atoms with Crippen LogP contribution in [0.3, 0.4) is 0 Å². The first-order valence-electron chi connectivity index (χ1n) is 9.07. The van der Waals surface area contributed by atoms with Crippen molar-refractivity contribution in [3.05, 3.63) is 0 Å². The van der Waals surface area contributed by atoms with E-state index in [4.69, 9.17) is 4.74 Å². The van der Waals surface area contributed by atoms with Gasteiger partial charge in [-0.15, -0.1) is 24.0 Å². The van der Waals surface area contributed by atoms with Crippen LogP contribution in [0.4, 0.5) is 0 Å². The smallest absolute Gasteiger partial charge is 0.213 e. The van der Waals surface area contributed by atoms with Crippen LogP contribution < -0.4 is 10.0 Å². The van der Waals surface area contributed by atoms with E-state index < -0.39 is 10.0 Å². The van der Waals surface area contributed by atoms with Gasteiger partial charge in [0.25, 0.3) is 0 Å². The number of rotatable bonds is 10. The molecule has 1 fully saturated rings. The summed E-state index contributed by atoms with van der Waals surface area (Å²) in [5.74, 6) is 0.757. The highest BCUT2D eigenvalue weighted by molar-refractivity contribution is 14.0. The number of guanidine groups is 1. The quantitative estimate of drug-likeness (QED) is 0.277. The number of hydrogen-bond acceptors (Lipinski definition) is 4. The Labute approximate surface area is 170 Å². The molecule has 25 heavy (non-hydrogen) atoms. The van der Waals surface area contributed by atoms with Gasteiger partial charge in [-0.05, 0) is 32.6 Å². The Morgan fingerprint density at radius 2 is 2.08 bits per heavy atom. The molecule has 0 bridgehead atoms. The summed E-state index contributed by atoms with van der Waals surface area (Å²) < 4.78 is 32.4. The number of unbranched alkanes of at least 4 members (excludes halogenated alkanes) is 1. The van der Waals surface area contributed by atoms with Crippen LogP contribution in [-0.4, -0.2) is 71.0 Å². The number of ether oxygens (including phenoxy) is 1. The molecular weight excluding hydrogens is 455 g/mol. The summed E-state index contributed by atoms with van der Waals surface area (Å²) in [6, 6.07) is 0. The van der Waals surface area contributed by atoms with Crippen molar-refractivity contribution in [2.24, 2.45) is 4.99 Å². The monoisotopic (exact) mass is 490 g/mol. The molecule has 1 aliphatic rings. The molecule has 9 heteroatoms. The molecule has 2 N–H and O–H groups in total. The zero-order valence-electron chi connectivity index (χ0n) is 15.8. The molecule has 1 saturated heterocycles. The lowest BCUT2D eigenvalue weighted by Crippen LogP contribution is -2.40. The van der Waals surface area contributed by atoms with Crippen LogP contribution in [0.2, 0.25) is 0 Å². The summed E-state index contributed by atoms with van der Waals surface area (Å²) in [6.45, 7) is 7.17. The molecule has 0 aromatic heterocycles. The third-order valence-corrected chi connectivity index (χ3v) is 5.30. The van der Waals surface area contributed by atoms with E-state index in [1.54, 1.807) is 0 Å². The second kappa shape index (κ2) is 14.0. The van der Waals surface area contributed by atoms with Crippen molar-refractivity contribution in [3.8, 4) is 0 Å². The summed E-state index contributed by atoms with van der Waals surface area (Å²) in [7, 11) is -1.34. The highest BCUT2D eigenvalue weighted by Crippen LogP contribution is 2.11. The van der Waals surface area contributed by atoms with Crippen molar-refractivity contribution >= 4 is 40.0 Å². The van der Waals surface area contributed by atoms with Gasteiger partial charge in [0.1, 0.15) is 0 Å². The lowest BCUT2D eigenvalue weighted by atomic mass is 10.1. The average molecular weight is 490 g/mol. The lowest BCUT2D eigenvalue weighted by Gasteiger charge is -2.23. The summed E-state index contributed by atoms with van der Waals surface area (Å²) in [5.41, 5.74) is 0. The number of halogens is 1. The Kier molecular flexibility index (Phi) is 13.9. The number of nitrogens with one attached hydrogen (secondary N) is 2. The average Bonchev–Trinajstić information content (AvgIpc) is 2.58. The minimum Gasteiger partial charge on any atom is -0.377 e. The van der Waals surface area contributed by atoms with Gasteiger partial charge in [0.15, 0.2) is 5.96 Å². The van der Waals surface area contributed by atoms with Crippen LogP contribution in [0.25, 0.3) is 0 Å². The predicted molar refractivity (Wildman–Crippen MR) is 114 cm³/mol. The Morgan fingerprint density at radius 3 is 2.68 bits per heavy atom. The highest BCUT2D eigenvalue weighted by Gasteiger charge is 2.17. The fourth-order valence-electron chi connectivity index (χ4n) is 2.50. The molecule has 0 aliphatic carbocycles. The predicted octanol–water partition coefficient (Wildman–Crippen LogP) is 1.79. The van der Waals surface area contributed by atoms with Crippen molar-refractivity contribution in [2.45, 2.75) is 52.1 Å². The Bertz CT molecular complexity index is 468. The zero-order valence-corrected chi connectivity index (χ0v) is 18.9. The van der Waals surface area contributed by atoms with E-state index in [2.05, 4.69) is 22.0 Å². The zero-order chi connectivity index (χ0) is 17.8. The van der Waals surface area contributed by atoms with Crippen molar-refractivity contribution in [1.82, 2.24) is 14.9 Å². The highest BCUT2D eigenvalue weighted by atomic mass is 127. The summed E-state index contributed by atoms with van der Waals surface area (Å²) in [6.07, 6.45) is 5.30. The van der Waals surface area contributed by atoms with E-state index in [0.29, 0.717) is 6.54 Å². The van der Waals surface area contributed by atoms with Crippen LogP contribution in [0, 0.1) is 0 Å². The molecule has 1 aliphatic heterocycles. The minimum absolute atomic E-state index is 0. The molecular formula is C16H35IN4O3S. The number of sulfonamides is 1. The molecule has 1 rings (SSSR count). The first-order chi connectivity index (χ1) is 11.5. The summed E-state index contributed by atoms with van der Waals surface area (Å²) in [4.78, 5) is 6.47. The van der Waals surface area contributed by atoms with Gasteiger partial charge in [-0.1, -0.05) is 13.3 Å². The SMILES string of the molecule is CCCCN(C)C(=NCCS(=O)(=O)NCC1CCCCO1)NCC.I. The molecule has 0 aromatic rings. The van der Waals surface area contributed by atoms with Gasteiger partial charge in [-0.2, -0.15) is 0 Å². The number of hydrogen-bond donors (Lipinski definition) is 2. The Hall–Kier alpha value is -0.130. The molecule has 0 aromatic carbocycles. The van der Waals surface area contributed by atoms with Crippen LogP contribution in [0.15, 0.2) is 4.99 Å². The molecule has 1 unspecified atom stereocenters. The molecule has 1 atom stereocenters. The third-order valence-electron chi connectivity index (χ3n) is 3.97. The number of aliphatic imine (C=N–C) groups is 1. The second-order valence-electron chi connectivity index (χ2n) is 6.17. The maximum absolute atomic E-state index is 12.1. The van der Waals surface area contributed by atoms with Crippen molar-refractivity contribution < 1.29 is 13.2 Å². The first-order valence-corrected chi connectivity index (χ1v) is 10.7. The normalized spacial score (nSPS) is 18.5. The van der Waals surface area contributed by atoms with Gasteiger partial charge in [0.05, 0.1) is 18.4 Å². The maximum Gasteiger partial charge on any atom is 0.213 e. The van der Waals surface area contributed by atoms with Gasteiger partial charge in [0, 0.05) is 33.3 Å². The summed E-state index contributed by atoms with van der Waals surface area (Å²) >= 11 is 0. The van der Waals surface area contributed by atoms with Crippen molar-refractivity contribution in [1.29, 1.82) is 0 Å². The topological polar surface area (TPSA) is 83.0 Å². The molecule has 1 heterocycles. The fourth-order valence-corrected chi connectivity index (χ4v) is 3.42. The molecule has 0 amide bonds. The molecule has 150 valence electrons. The molecule has 0 radical (unpaired) electrons. The molecule has 7 nitrogen and oxygen atoms in total. The van der Waals surface area contributed by atoms with Crippen LogP contribution >= 0.6 is 24.0 Å². The standard InChI is InChI=1S/C16H34N4O3S.HI/c1-4-6-11-20(3)16(17-5-2)18-10-13-24(21,22)19-14-15-9-7-8-12-23-15;/h15,19H,4-14H2,1-3H3,(H,17,18);1H. The first kappa shape index (κ1) is 24.9. The van der Waals surface area contributed by atoms with E-state index in [9.17, 15) is 8.42 Å². The summed E-state index contributed by atoms with van der Waals surface area (Å²) in [5, 5.41) is 3.20. The van der Waals surface area contributed by atoms with E-state index in [1.165, 1.54) is 0 Å². The maximum atomic E-state index is 12.1. The minimum atomic E-state index is -3.32. The fraction of sp³-hybridized carbons (Fsp3) is 0.938. The van der Waals surface area contributed by atoms with Gasteiger partial charge in [0.2, 0.25) is 10.0 Å². The van der Waals surface area contributed by atoms with Gasteiger partial charge < -0.3 is 15.0 Å². The van der Waals surface area contributed by atoms with Gasteiger partial charge in [-0.3, -0.25) is 4.99 Å². The number of nitrogens with zero attached hydrogens (tertiary/aromatic N) is 2. The third kappa shape index (κ3) is 11.2. The van der Waals surface area contributed by atoms with Crippen LogP contribution in [0.1, 0.15) is 46.0 Å². The van der Waals surface area contributed by atoms with Crippen molar-refractivity contribution in [2.75, 3.05) is 45.6 Å². The van der Waals surface area contributed by atoms with Crippen LogP contribution in [0.5, 0.6) is 0 Å². The van der Waals surface area contributed by atoms with E-state index in [0.717, 1.165) is 57.8 Å². The van der Waals surface area contributed by atoms with E-state index in [-0.39, 0.29) is 42.4 Å². The van der Waals surface area contributed by atoms with E-state index in [1.807, 2.05) is 18.9 Å². The van der Waals surface area contributed by atoms with Gasteiger partial charge >= 0.3 is 0 Å². The molecule has 0 spiro atoms. The molecule has 0 saturated carbocycles. The Balaban J connectivity index is 0.00000576. The van der Waals surface area contributed by atoms with E-state index >= 15 is 0 Å². The van der Waals surface area contributed by atoms with Crippen molar-refractivity contribution in [3.63, 3.8) is 0 Å². The largest absolute Gasteiger partial charge is 0.377 e. The van der Waals surface area contributed by atoms with Gasteiger partial charge in [-0.25, -0.2) is 13.1 Å². The lowest BCUT2D eigenvalue weighted by molar-refractivity contribution is 0.0200. The Morgan fingerprint density at radius 1 is 1.32 bits per heavy atom. The second-order valence-corrected chi connectivity index (χ2v) is 8.09. The van der Waals surface area contributed by atoms with Crippen LogP contribution in [-0.2, 0) is 14.8 Å².